The van der Waals surface area contributed by atoms with E-state index < -0.39 is 23.4 Å². The number of hydrogen-bond acceptors (Lipinski definition) is 6. The smallest absolute Gasteiger partial charge is 0.413 e. The van der Waals surface area contributed by atoms with Crippen molar-refractivity contribution in [3.63, 3.8) is 0 Å². The minimum atomic E-state index is -0.733. The highest BCUT2D eigenvalue weighted by molar-refractivity contribution is 7.80. The maximum absolute atomic E-state index is 11.3. The van der Waals surface area contributed by atoms with Crippen LogP contribution in [-0.2, 0) is 9.47 Å². The molecular weight excluding hydrogens is 328 g/mol. The Hall–Kier alpha value is -1.68. The molecule has 0 saturated carbocycles. The van der Waals surface area contributed by atoms with Gasteiger partial charge >= 0.3 is 12.2 Å². The molecule has 0 aromatic carbocycles. The van der Waals surface area contributed by atoms with E-state index in [4.69, 9.17) is 21.7 Å². The number of rotatable bonds is 0. The van der Waals surface area contributed by atoms with Gasteiger partial charge in [-0.15, -0.1) is 0 Å². The van der Waals surface area contributed by atoms with Crippen molar-refractivity contribution in [1.82, 2.24) is 10.6 Å². The average molecular weight is 352 g/mol. The Labute approximate surface area is 141 Å². The third-order valence-corrected chi connectivity index (χ3v) is 1.43. The Morgan fingerprint density at radius 3 is 1.23 bits per heavy atom. The Balaban J connectivity index is 0. The van der Waals surface area contributed by atoms with Gasteiger partial charge in [0.15, 0.2) is 10.2 Å². The van der Waals surface area contributed by atoms with Crippen molar-refractivity contribution < 1.29 is 19.1 Å². The summed E-state index contributed by atoms with van der Waals surface area (Å²) in [6, 6.07) is 0. The number of amides is 2. The van der Waals surface area contributed by atoms with E-state index in [-0.39, 0.29) is 10.2 Å². The first kappa shape index (κ1) is 22.6. The summed E-state index contributed by atoms with van der Waals surface area (Å²) in [6.45, 7) is 10.3. The van der Waals surface area contributed by atoms with Crippen LogP contribution in [0.4, 0.5) is 9.59 Å². The molecule has 0 radical (unpaired) electrons. The Kier molecular flexibility index (Phi) is 9.62. The first-order valence-electron chi connectivity index (χ1n) is 6.21. The zero-order chi connectivity index (χ0) is 18.1. The van der Waals surface area contributed by atoms with Crippen LogP contribution in [0.2, 0.25) is 0 Å². The maximum atomic E-state index is 11.3. The number of carbonyl (C=O) groups is 2. The van der Waals surface area contributed by atoms with Crippen molar-refractivity contribution in [2.24, 2.45) is 11.5 Å². The molecule has 0 rings (SSSR count). The van der Waals surface area contributed by atoms with Gasteiger partial charge in [-0.2, -0.15) is 0 Å². The molecule has 0 aliphatic carbocycles. The fourth-order valence-electron chi connectivity index (χ4n) is 0.824. The van der Waals surface area contributed by atoms with E-state index in [0.717, 1.165) is 0 Å². The van der Waals surface area contributed by atoms with Gasteiger partial charge < -0.3 is 20.9 Å². The first-order chi connectivity index (χ1) is 9.62. The SMILES string of the molecule is CC(C)(C)OC(=O)NC(=S)NC(=O)OC(C)(C)C.NC(N)=S. The second kappa shape index (κ2) is 9.36. The lowest BCUT2D eigenvalue weighted by Gasteiger charge is -2.21. The monoisotopic (exact) mass is 352 g/mol. The molecule has 0 aromatic rings. The van der Waals surface area contributed by atoms with Gasteiger partial charge in [-0.3, -0.25) is 10.6 Å². The van der Waals surface area contributed by atoms with Crippen LogP contribution in [0.5, 0.6) is 0 Å². The van der Waals surface area contributed by atoms with Crippen LogP contribution in [0.1, 0.15) is 41.5 Å². The lowest BCUT2D eigenvalue weighted by molar-refractivity contribution is 0.0548. The van der Waals surface area contributed by atoms with Crippen LogP contribution in [0.25, 0.3) is 0 Å². The first-order valence-corrected chi connectivity index (χ1v) is 7.03. The standard InChI is InChI=1S/C11H20N2O4S.CH4N2S/c1-10(2,3)16-8(14)12-7(18)13-9(15)17-11(4,5)6;2-1(3)4/h1-6H3,(H2,12,13,14,15,18);(H4,2,3,4). The highest BCUT2D eigenvalue weighted by Crippen LogP contribution is 2.07. The van der Waals surface area contributed by atoms with E-state index >= 15 is 0 Å². The molecule has 0 heterocycles. The van der Waals surface area contributed by atoms with E-state index in [1.807, 2.05) is 0 Å². The van der Waals surface area contributed by atoms with Crippen molar-refractivity contribution in [2.45, 2.75) is 52.7 Å². The van der Waals surface area contributed by atoms with Gasteiger partial charge in [0.25, 0.3) is 0 Å². The average Bonchev–Trinajstić information content (AvgIpc) is 2.07. The molecule has 0 spiro atoms. The van der Waals surface area contributed by atoms with E-state index in [0.29, 0.717) is 0 Å². The minimum Gasteiger partial charge on any atom is -0.444 e. The number of nitrogens with two attached hydrogens (primary N) is 2. The molecule has 10 heteroatoms. The molecule has 0 atom stereocenters. The van der Waals surface area contributed by atoms with Crippen LogP contribution in [0, 0.1) is 0 Å². The van der Waals surface area contributed by atoms with Crippen molar-refractivity contribution >= 4 is 46.8 Å². The van der Waals surface area contributed by atoms with E-state index in [1.54, 1.807) is 41.5 Å². The van der Waals surface area contributed by atoms with Crippen molar-refractivity contribution in [3.05, 3.63) is 0 Å². The van der Waals surface area contributed by atoms with Gasteiger partial charge in [0.1, 0.15) is 11.2 Å². The van der Waals surface area contributed by atoms with Crippen LogP contribution in [0.3, 0.4) is 0 Å². The van der Waals surface area contributed by atoms with Gasteiger partial charge in [0, 0.05) is 0 Å². The molecule has 6 N–H and O–H groups in total. The lowest BCUT2D eigenvalue weighted by atomic mass is 10.2. The van der Waals surface area contributed by atoms with Crippen LogP contribution in [0.15, 0.2) is 0 Å². The molecule has 0 unspecified atom stereocenters. The zero-order valence-corrected chi connectivity index (χ0v) is 15.2. The van der Waals surface area contributed by atoms with Gasteiger partial charge in [-0.25, -0.2) is 9.59 Å². The van der Waals surface area contributed by atoms with Crippen molar-refractivity contribution in [1.29, 1.82) is 0 Å². The summed E-state index contributed by atoms with van der Waals surface area (Å²) in [7, 11) is 0. The third kappa shape index (κ3) is 20.6. The summed E-state index contributed by atoms with van der Waals surface area (Å²) < 4.78 is 9.92. The minimum absolute atomic E-state index is 0.000000000000000222. The van der Waals surface area contributed by atoms with E-state index in [9.17, 15) is 9.59 Å². The topological polar surface area (TPSA) is 129 Å². The fourth-order valence-corrected chi connectivity index (χ4v) is 0.991. The van der Waals surface area contributed by atoms with Gasteiger partial charge in [-0.1, -0.05) is 0 Å². The zero-order valence-electron chi connectivity index (χ0n) is 13.6. The second-order valence-corrected chi connectivity index (χ2v) is 6.86. The van der Waals surface area contributed by atoms with Crippen LogP contribution >= 0.6 is 24.4 Å². The second-order valence-electron chi connectivity index (χ2n) is 5.99. The molecule has 2 amide bonds. The number of ether oxygens (including phenoxy) is 2. The molecule has 0 aliphatic heterocycles. The van der Waals surface area contributed by atoms with Gasteiger partial charge in [-0.05, 0) is 66.0 Å². The number of hydrogen-bond donors (Lipinski definition) is 4. The van der Waals surface area contributed by atoms with Gasteiger partial charge in [0.2, 0.25) is 0 Å². The van der Waals surface area contributed by atoms with Crippen molar-refractivity contribution in [2.75, 3.05) is 0 Å². The summed E-state index contributed by atoms with van der Waals surface area (Å²) in [5.74, 6) is 0. The quantitative estimate of drug-likeness (QED) is 0.483. The molecule has 0 fully saturated rings. The van der Waals surface area contributed by atoms with Crippen LogP contribution in [-0.4, -0.2) is 33.6 Å². The summed E-state index contributed by atoms with van der Waals surface area (Å²) in [4.78, 5) is 22.6. The highest BCUT2D eigenvalue weighted by atomic mass is 32.1. The maximum Gasteiger partial charge on any atom is 0.413 e. The van der Waals surface area contributed by atoms with Crippen LogP contribution < -0.4 is 22.1 Å². The molecule has 0 aromatic heterocycles. The number of thiocarbonyl (C=S) groups is 2. The number of nitrogens with one attached hydrogen (secondary N) is 2. The van der Waals surface area contributed by atoms with Gasteiger partial charge in [0.05, 0.1) is 0 Å². The fraction of sp³-hybridized carbons (Fsp3) is 0.667. The number of carbonyl (C=O) groups excluding carboxylic acids is 2. The molecule has 8 nitrogen and oxygen atoms in total. The number of alkyl carbamates (subject to hydrolysis) is 2. The predicted octanol–water partition coefficient (Wildman–Crippen LogP) is 1.51. The molecular formula is C12H24N4O4S2. The Bertz CT molecular complexity index is 392. The van der Waals surface area contributed by atoms with Crippen molar-refractivity contribution in [3.8, 4) is 0 Å². The molecule has 0 bridgehead atoms. The summed E-state index contributed by atoms with van der Waals surface area (Å²) in [6.07, 6.45) is -1.47. The summed E-state index contributed by atoms with van der Waals surface area (Å²) in [5.41, 5.74) is 7.97. The Morgan fingerprint density at radius 2 is 1.05 bits per heavy atom. The Morgan fingerprint density at radius 1 is 0.818 bits per heavy atom. The lowest BCUT2D eigenvalue weighted by Crippen LogP contribution is -2.45. The normalized spacial score (nSPS) is 10.5. The molecule has 0 aliphatic rings. The molecule has 22 heavy (non-hydrogen) atoms. The summed E-state index contributed by atoms with van der Waals surface area (Å²) >= 11 is 8.85. The predicted molar refractivity (Wildman–Crippen MR) is 92.3 cm³/mol. The van der Waals surface area contributed by atoms with E-state index in [1.165, 1.54) is 0 Å². The molecule has 0 saturated heterocycles. The highest BCUT2D eigenvalue weighted by Gasteiger charge is 2.20. The summed E-state index contributed by atoms with van der Waals surface area (Å²) in [5, 5.41) is 4.25. The van der Waals surface area contributed by atoms with E-state index in [2.05, 4.69) is 34.3 Å². The molecule has 128 valence electrons. The third-order valence-electron chi connectivity index (χ3n) is 1.23. The largest absolute Gasteiger partial charge is 0.444 e.